The second-order valence-corrected chi connectivity index (χ2v) is 7.54. The molecule has 1 saturated heterocycles. The van der Waals surface area contributed by atoms with Crippen LogP contribution >= 0.6 is 27.3 Å². The van der Waals surface area contributed by atoms with E-state index in [1.165, 1.54) is 0 Å². The molecule has 1 amide bonds. The third-order valence-corrected chi connectivity index (χ3v) is 5.22. The average molecular weight is 377 g/mol. The minimum Gasteiger partial charge on any atom is -0.395 e. The van der Waals surface area contributed by atoms with Gasteiger partial charge in [0.05, 0.1) is 42.7 Å². The van der Waals surface area contributed by atoms with Gasteiger partial charge in [-0.2, -0.15) is 0 Å². The largest absolute Gasteiger partial charge is 0.395 e. The number of morpholine rings is 1. The molecular weight excluding hydrogens is 356 g/mol. The Hall–Kier alpha value is -0.470. The highest BCUT2D eigenvalue weighted by molar-refractivity contribution is 9.11. The molecule has 0 saturated carbocycles. The molecule has 0 aliphatic carbocycles. The van der Waals surface area contributed by atoms with Gasteiger partial charge in [-0.05, 0) is 35.0 Å². The predicted octanol–water partition coefficient (Wildman–Crippen LogP) is 1.55. The monoisotopic (exact) mass is 376 g/mol. The van der Waals surface area contributed by atoms with Gasteiger partial charge in [-0.1, -0.05) is 0 Å². The van der Waals surface area contributed by atoms with Crippen molar-refractivity contribution in [1.29, 1.82) is 0 Å². The Labute approximate surface area is 137 Å². The molecule has 0 bridgehead atoms. The first-order valence-corrected chi connectivity index (χ1v) is 8.69. The van der Waals surface area contributed by atoms with Gasteiger partial charge >= 0.3 is 0 Å². The number of hydrogen-bond acceptors (Lipinski definition) is 5. The van der Waals surface area contributed by atoms with Crippen molar-refractivity contribution in [3.63, 3.8) is 0 Å². The van der Waals surface area contributed by atoms with E-state index in [1.807, 2.05) is 28.9 Å². The number of likely N-dealkylation sites (N-methyl/N-ethyl adjacent to an activating group) is 1. The van der Waals surface area contributed by atoms with Crippen LogP contribution in [0.15, 0.2) is 15.9 Å². The van der Waals surface area contributed by atoms with Gasteiger partial charge in [-0.15, -0.1) is 11.3 Å². The molecule has 1 aromatic rings. The summed E-state index contributed by atoms with van der Waals surface area (Å²) < 4.78 is 6.42. The first-order chi connectivity index (χ1) is 10.1. The van der Waals surface area contributed by atoms with Gasteiger partial charge in [0.25, 0.3) is 0 Å². The van der Waals surface area contributed by atoms with E-state index in [1.54, 1.807) is 11.3 Å². The van der Waals surface area contributed by atoms with Crippen LogP contribution in [0.5, 0.6) is 0 Å². The van der Waals surface area contributed by atoms with Gasteiger partial charge in [0.1, 0.15) is 0 Å². The van der Waals surface area contributed by atoms with E-state index in [4.69, 9.17) is 4.74 Å². The lowest BCUT2D eigenvalue weighted by Crippen LogP contribution is -2.51. The molecular formula is C14H21BrN2O3S. The predicted molar refractivity (Wildman–Crippen MR) is 86.4 cm³/mol. The molecule has 0 aromatic carbocycles. The highest BCUT2D eigenvalue weighted by Gasteiger charge is 2.26. The molecule has 2 rings (SSSR count). The second-order valence-electron chi connectivity index (χ2n) is 5.00. The summed E-state index contributed by atoms with van der Waals surface area (Å²) in [5.41, 5.74) is 0. The van der Waals surface area contributed by atoms with Gasteiger partial charge in [0.15, 0.2) is 0 Å². The highest BCUT2D eigenvalue weighted by atomic mass is 79.9. The number of ether oxygens (including phenoxy) is 1. The van der Waals surface area contributed by atoms with E-state index < -0.39 is 0 Å². The fourth-order valence-corrected chi connectivity index (χ4v) is 3.84. The Bertz CT molecular complexity index is 469. The zero-order valence-corrected chi connectivity index (χ0v) is 14.5. The van der Waals surface area contributed by atoms with Crippen molar-refractivity contribution in [1.82, 2.24) is 9.80 Å². The molecule has 1 aliphatic heterocycles. The number of aliphatic hydroxyl groups is 1. The van der Waals surface area contributed by atoms with Crippen LogP contribution in [-0.4, -0.2) is 66.3 Å². The maximum Gasteiger partial charge on any atom is 0.237 e. The Kier molecular flexibility index (Phi) is 6.63. The second kappa shape index (κ2) is 8.24. The van der Waals surface area contributed by atoms with E-state index in [2.05, 4.69) is 15.9 Å². The van der Waals surface area contributed by atoms with Crippen molar-refractivity contribution in [3.05, 3.63) is 20.8 Å². The Morgan fingerprint density at radius 1 is 1.62 bits per heavy atom. The molecule has 1 unspecified atom stereocenters. The number of thiophene rings is 1. The molecule has 0 spiro atoms. The number of carbonyl (C=O) groups excluding carboxylic acids is 1. The van der Waals surface area contributed by atoms with Crippen LogP contribution in [0.2, 0.25) is 0 Å². The van der Waals surface area contributed by atoms with E-state index >= 15 is 0 Å². The summed E-state index contributed by atoms with van der Waals surface area (Å²) in [5, 5.41) is 9.36. The number of rotatable bonds is 6. The molecule has 2 heterocycles. The van der Waals surface area contributed by atoms with Crippen LogP contribution in [-0.2, 0) is 16.1 Å². The summed E-state index contributed by atoms with van der Waals surface area (Å²) in [6.45, 7) is 5.48. The number of aliphatic hydroxyl groups excluding tert-OH is 1. The normalized spacial score (nSPS) is 19.7. The van der Waals surface area contributed by atoms with Gasteiger partial charge in [-0.25, -0.2) is 0 Å². The van der Waals surface area contributed by atoms with Gasteiger partial charge in [0.2, 0.25) is 5.91 Å². The Morgan fingerprint density at radius 2 is 2.43 bits per heavy atom. The maximum atomic E-state index is 12.5. The molecule has 21 heavy (non-hydrogen) atoms. The molecule has 7 heteroatoms. The van der Waals surface area contributed by atoms with Crippen LogP contribution in [0.1, 0.15) is 11.8 Å². The van der Waals surface area contributed by atoms with Gasteiger partial charge < -0.3 is 14.7 Å². The Morgan fingerprint density at radius 3 is 3.05 bits per heavy atom. The smallest absolute Gasteiger partial charge is 0.237 e. The van der Waals surface area contributed by atoms with Crippen LogP contribution in [0.25, 0.3) is 0 Å². The molecule has 1 fully saturated rings. The first-order valence-electron chi connectivity index (χ1n) is 7.08. The molecule has 1 aliphatic rings. The Balaban J connectivity index is 1.92. The summed E-state index contributed by atoms with van der Waals surface area (Å²) in [4.78, 5) is 17.5. The zero-order valence-electron chi connectivity index (χ0n) is 12.1. The van der Waals surface area contributed by atoms with Crippen LogP contribution in [0.3, 0.4) is 0 Å². The van der Waals surface area contributed by atoms with Crippen LogP contribution < -0.4 is 0 Å². The SMILES string of the molecule is CCN(Cc1ccc(Br)s1)C(=O)CN1CCOCC1CO. The fraction of sp³-hybridized carbons (Fsp3) is 0.643. The minimum absolute atomic E-state index is 0.0251. The number of amides is 1. The van der Waals surface area contributed by atoms with E-state index in [9.17, 15) is 9.90 Å². The fourth-order valence-electron chi connectivity index (χ4n) is 2.34. The molecule has 1 N–H and O–H groups in total. The number of hydrogen-bond donors (Lipinski definition) is 1. The molecule has 1 atom stereocenters. The summed E-state index contributed by atoms with van der Waals surface area (Å²) in [7, 11) is 0. The quantitative estimate of drug-likeness (QED) is 0.818. The molecule has 5 nitrogen and oxygen atoms in total. The maximum absolute atomic E-state index is 12.5. The first kappa shape index (κ1) is 16.9. The van der Waals surface area contributed by atoms with E-state index in [0.29, 0.717) is 39.4 Å². The number of carbonyl (C=O) groups is 1. The molecule has 0 radical (unpaired) electrons. The van der Waals surface area contributed by atoms with Crippen molar-refractivity contribution in [2.75, 3.05) is 39.5 Å². The summed E-state index contributed by atoms with van der Waals surface area (Å²) in [6.07, 6.45) is 0. The molecule has 1 aromatic heterocycles. The van der Waals surface area contributed by atoms with Crippen LogP contribution in [0.4, 0.5) is 0 Å². The van der Waals surface area contributed by atoms with Crippen molar-refractivity contribution in [2.24, 2.45) is 0 Å². The van der Waals surface area contributed by atoms with Crippen LogP contribution in [0, 0.1) is 0 Å². The topological polar surface area (TPSA) is 53.0 Å². The van der Waals surface area contributed by atoms with E-state index in [-0.39, 0.29) is 18.6 Å². The summed E-state index contributed by atoms with van der Waals surface area (Å²) >= 11 is 5.09. The van der Waals surface area contributed by atoms with Crippen molar-refractivity contribution in [3.8, 4) is 0 Å². The minimum atomic E-state index is -0.0720. The van der Waals surface area contributed by atoms with Gasteiger partial charge in [-0.3, -0.25) is 9.69 Å². The standard InChI is InChI=1S/C14H21BrN2O3S/c1-2-16(7-12-3-4-13(15)21-12)14(19)8-17-5-6-20-10-11(17)9-18/h3-4,11,18H,2,5-10H2,1H3. The van der Waals surface area contributed by atoms with Crippen molar-refractivity contribution >= 4 is 33.2 Å². The average Bonchev–Trinajstić information content (AvgIpc) is 2.90. The van der Waals surface area contributed by atoms with Crippen molar-refractivity contribution in [2.45, 2.75) is 19.5 Å². The lowest BCUT2D eigenvalue weighted by Gasteiger charge is -2.35. The summed E-state index contributed by atoms with van der Waals surface area (Å²) in [6, 6.07) is 3.97. The highest BCUT2D eigenvalue weighted by Crippen LogP contribution is 2.23. The third kappa shape index (κ3) is 4.75. The lowest BCUT2D eigenvalue weighted by atomic mass is 10.2. The van der Waals surface area contributed by atoms with Gasteiger partial charge in [0, 0.05) is 18.0 Å². The zero-order chi connectivity index (χ0) is 15.2. The lowest BCUT2D eigenvalue weighted by molar-refractivity contribution is -0.135. The summed E-state index contributed by atoms with van der Waals surface area (Å²) in [5.74, 6) is 0.0994. The third-order valence-electron chi connectivity index (χ3n) is 3.61. The molecule has 118 valence electrons. The number of halogens is 1. The van der Waals surface area contributed by atoms with Crippen molar-refractivity contribution < 1.29 is 14.6 Å². The number of nitrogens with zero attached hydrogens (tertiary/aromatic N) is 2. The van der Waals surface area contributed by atoms with E-state index in [0.717, 1.165) is 8.66 Å².